The average molecular weight is 536 g/mol. The monoisotopic (exact) mass is 535 g/mol. The summed E-state index contributed by atoms with van der Waals surface area (Å²) in [6.07, 6.45) is 0. The van der Waals surface area contributed by atoms with Crippen LogP contribution in [0.25, 0.3) is 65.0 Å². The zero-order chi connectivity index (χ0) is 27.6. The van der Waals surface area contributed by atoms with E-state index in [0.29, 0.717) is 0 Å². The Balaban J connectivity index is 1.43. The molecule has 0 saturated carbocycles. The van der Waals surface area contributed by atoms with E-state index in [1.54, 1.807) is 0 Å². The molecule has 0 aliphatic carbocycles. The van der Waals surface area contributed by atoms with Crippen molar-refractivity contribution in [3.05, 3.63) is 152 Å². The molecule has 0 aliphatic heterocycles. The van der Waals surface area contributed by atoms with Gasteiger partial charge in [0.15, 0.2) is 5.58 Å². The van der Waals surface area contributed by atoms with Crippen molar-refractivity contribution in [3.63, 3.8) is 0 Å². The van der Waals surface area contributed by atoms with Crippen molar-refractivity contribution in [2.24, 2.45) is 0 Å². The molecule has 0 spiro atoms. The van der Waals surface area contributed by atoms with Gasteiger partial charge in [0.2, 0.25) is 0 Å². The van der Waals surface area contributed by atoms with Gasteiger partial charge in [-0.25, -0.2) is 0 Å². The number of hydrogen-bond acceptors (Lipinski definition) is 2. The van der Waals surface area contributed by atoms with Crippen LogP contribution in [0, 0.1) is 0 Å². The van der Waals surface area contributed by atoms with Crippen molar-refractivity contribution < 1.29 is 4.42 Å². The van der Waals surface area contributed by atoms with Crippen LogP contribution in [-0.4, -0.2) is 0 Å². The molecule has 1 heterocycles. The van der Waals surface area contributed by atoms with Gasteiger partial charge in [-0.15, -0.1) is 0 Å². The van der Waals surface area contributed by atoms with Gasteiger partial charge in [0, 0.05) is 27.2 Å². The van der Waals surface area contributed by atoms with Crippen LogP contribution in [0.2, 0.25) is 0 Å². The second-order valence-electron chi connectivity index (χ2n) is 10.9. The second-order valence-corrected chi connectivity index (χ2v) is 10.9. The summed E-state index contributed by atoms with van der Waals surface area (Å²) in [6, 6.07) is 54.2. The van der Waals surface area contributed by atoms with Crippen molar-refractivity contribution in [1.29, 1.82) is 0 Å². The van der Waals surface area contributed by atoms with E-state index < -0.39 is 0 Å². The van der Waals surface area contributed by atoms with Crippen LogP contribution in [0.1, 0.15) is 0 Å². The number of anilines is 3. The predicted molar refractivity (Wildman–Crippen MR) is 178 cm³/mol. The van der Waals surface area contributed by atoms with Crippen LogP contribution in [0.3, 0.4) is 0 Å². The first-order chi connectivity index (χ1) is 20.8. The zero-order valence-electron chi connectivity index (χ0n) is 22.8. The highest BCUT2D eigenvalue weighted by Crippen LogP contribution is 2.47. The molecule has 1 aromatic heterocycles. The Kier molecular flexibility index (Phi) is 4.93. The first kappa shape index (κ1) is 23.1. The molecule has 0 unspecified atom stereocenters. The maximum Gasteiger partial charge on any atom is 0.159 e. The highest BCUT2D eigenvalue weighted by Gasteiger charge is 2.22. The number of rotatable bonds is 3. The molecule has 42 heavy (non-hydrogen) atoms. The third kappa shape index (κ3) is 3.33. The minimum atomic E-state index is 0.884. The van der Waals surface area contributed by atoms with E-state index >= 15 is 0 Å². The molecule has 9 aromatic rings. The topological polar surface area (TPSA) is 16.4 Å². The lowest BCUT2D eigenvalue weighted by molar-refractivity contribution is 0.673. The van der Waals surface area contributed by atoms with Gasteiger partial charge in [0.25, 0.3) is 0 Å². The van der Waals surface area contributed by atoms with Gasteiger partial charge >= 0.3 is 0 Å². The molecule has 0 fully saturated rings. The largest absolute Gasteiger partial charge is 0.453 e. The lowest BCUT2D eigenvalue weighted by Crippen LogP contribution is -2.11. The summed E-state index contributed by atoms with van der Waals surface area (Å²) >= 11 is 0. The quantitative estimate of drug-likeness (QED) is 0.209. The number of hydrogen-bond donors (Lipinski definition) is 0. The van der Waals surface area contributed by atoms with Crippen LogP contribution in [0.15, 0.2) is 156 Å². The minimum absolute atomic E-state index is 0.884. The first-order valence-corrected chi connectivity index (χ1v) is 14.4. The molecular formula is C40H25NO. The molecule has 0 aliphatic rings. The SMILES string of the molecule is c1ccc(N(c2cc3ccccc3c3c2ccc2ccccc23)c2cccc3c2oc2c4ccccc4ccc32)cc1. The van der Waals surface area contributed by atoms with E-state index in [-0.39, 0.29) is 0 Å². The summed E-state index contributed by atoms with van der Waals surface area (Å²) in [5, 5.41) is 12.0. The Hall–Kier alpha value is -5.60. The van der Waals surface area contributed by atoms with Crippen molar-refractivity contribution >= 4 is 82.1 Å². The highest BCUT2D eigenvalue weighted by molar-refractivity contribution is 6.25. The number of nitrogens with zero attached hydrogens (tertiary/aromatic N) is 1. The van der Waals surface area contributed by atoms with Gasteiger partial charge in [-0.05, 0) is 62.6 Å². The standard InChI is InChI=1S/C40H25NO/c1-2-14-29(15-3-1)41(36-20-10-19-33-34-23-21-27-12-5-9-18-32(27)39(34)42-40(33)36)37-25-28-13-6-8-17-31(28)38-30-16-7-4-11-26(30)22-24-35(37)38/h1-25H. The predicted octanol–water partition coefficient (Wildman–Crippen LogP) is 11.7. The number of fused-ring (bicyclic) bond motifs is 10. The van der Waals surface area contributed by atoms with Crippen LogP contribution in [-0.2, 0) is 0 Å². The molecule has 0 atom stereocenters. The van der Waals surface area contributed by atoms with Gasteiger partial charge < -0.3 is 9.32 Å². The normalized spacial score (nSPS) is 11.8. The average Bonchev–Trinajstić information content (AvgIpc) is 3.45. The Morgan fingerprint density at radius 3 is 1.71 bits per heavy atom. The van der Waals surface area contributed by atoms with Gasteiger partial charge in [-0.1, -0.05) is 121 Å². The lowest BCUT2D eigenvalue weighted by atomic mass is 9.94. The molecule has 0 bridgehead atoms. The Morgan fingerprint density at radius 2 is 0.929 bits per heavy atom. The fourth-order valence-electron chi connectivity index (χ4n) is 6.71. The summed E-state index contributed by atoms with van der Waals surface area (Å²) in [4.78, 5) is 2.37. The van der Waals surface area contributed by atoms with Crippen LogP contribution >= 0.6 is 0 Å². The van der Waals surface area contributed by atoms with Gasteiger partial charge in [0.05, 0.1) is 11.4 Å². The smallest absolute Gasteiger partial charge is 0.159 e. The molecule has 196 valence electrons. The third-order valence-corrected chi connectivity index (χ3v) is 8.59. The molecule has 0 saturated heterocycles. The Labute approximate surface area is 242 Å². The van der Waals surface area contributed by atoms with Gasteiger partial charge in [-0.3, -0.25) is 0 Å². The Morgan fingerprint density at radius 1 is 0.357 bits per heavy atom. The number of para-hydroxylation sites is 2. The van der Waals surface area contributed by atoms with E-state index in [0.717, 1.165) is 44.4 Å². The number of benzene rings is 8. The van der Waals surface area contributed by atoms with Crippen molar-refractivity contribution in [2.45, 2.75) is 0 Å². The van der Waals surface area contributed by atoms with E-state index in [1.165, 1.54) is 37.7 Å². The minimum Gasteiger partial charge on any atom is -0.453 e. The molecule has 8 aromatic carbocycles. The summed E-state index contributed by atoms with van der Waals surface area (Å²) in [5.74, 6) is 0. The summed E-state index contributed by atoms with van der Waals surface area (Å²) in [6.45, 7) is 0. The van der Waals surface area contributed by atoms with Crippen molar-refractivity contribution in [2.75, 3.05) is 4.90 Å². The van der Waals surface area contributed by atoms with Crippen molar-refractivity contribution in [1.82, 2.24) is 0 Å². The highest BCUT2D eigenvalue weighted by atomic mass is 16.3. The maximum atomic E-state index is 6.85. The summed E-state index contributed by atoms with van der Waals surface area (Å²) in [5.41, 5.74) is 5.04. The molecule has 9 rings (SSSR count). The van der Waals surface area contributed by atoms with E-state index in [9.17, 15) is 0 Å². The van der Waals surface area contributed by atoms with E-state index in [4.69, 9.17) is 4.42 Å². The second kappa shape index (κ2) is 8.95. The number of furan rings is 1. The molecule has 0 amide bonds. The molecule has 2 nitrogen and oxygen atoms in total. The van der Waals surface area contributed by atoms with Gasteiger partial charge in [-0.2, -0.15) is 0 Å². The van der Waals surface area contributed by atoms with Crippen LogP contribution < -0.4 is 4.90 Å². The molecule has 0 N–H and O–H groups in total. The lowest BCUT2D eigenvalue weighted by Gasteiger charge is -2.28. The molecular weight excluding hydrogens is 510 g/mol. The van der Waals surface area contributed by atoms with Gasteiger partial charge in [0.1, 0.15) is 5.58 Å². The molecule has 2 heteroatoms. The third-order valence-electron chi connectivity index (χ3n) is 8.59. The Bertz CT molecular complexity index is 2460. The van der Waals surface area contributed by atoms with Crippen LogP contribution in [0.5, 0.6) is 0 Å². The van der Waals surface area contributed by atoms with E-state index in [1.807, 2.05) is 0 Å². The fraction of sp³-hybridized carbons (Fsp3) is 0. The zero-order valence-corrected chi connectivity index (χ0v) is 22.8. The fourth-order valence-corrected chi connectivity index (χ4v) is 6.71. The van der Waals surface area contributed by atoms with Crippen molar-refractivity contribution in [3.8, 4) is 0 Å². The first-order valence-electron chi connectivity index (χ1n) is 14.4. The molecule has 0 radical (unpaired) electrons. The summed E-state index contributed by atoms with van der Waals surface area (Å²) in [7, 11) is 0. The summed E-state index contributed by atoms with van der Waals surface area (Å²) < 4.78 is 6.85. The van der Waals surface area contributed by atoms with E-state index in [2.05, 4.69) is 157 Å². The van der Waals surface area contributed by atoms with Crippen LogP contribution in [0.4, 0.5) is 17.1 Å². The maximum absolute atomic E-state index is 6.85.